The zero-order chi connectivity index (χ0) is 14.5. The van der Waals surface area contributed by atoms with E-state index in [4.69, 9.17) is 0 Å². The highest BCUT2D eigenvalue weighted by Gasteiger charge is 2.27. The summed E-state index contributed by atoms with van der Waals surface area (Å²) in [5.41, 5.74) is 0. The van der Waals surface area contributed by atoms with Crippen molar-refractivity contribution in [1.82, 2.24) is 9.97 Å². The van der Waals surface area contributed by atoms with E-state index in [1.54, 1.807) is 0 Å². The van der Waals surface area contributed by atoms with E-state index in [2.05, 4.69) is 20.6 Å². The predicted octanol–water partition coefficient (Wildman–Crippen LogP) is 3.40. The molecule has 0 saturated carbocycles. The number of nitrogens with zero attached hydrogens (tertiary/aromatic N) is 2. The van der Waals surface area contributed by atoms with Gasteiger partial charge in [-0.05, 0) is 6.42 Å². The molecule has 0 atom stereocenters. The Kier molecular flexibility index (Phi) is 5.38. The van der Waals surface area contributed by atoms with Crippen LogP contribution in [0, 0.1) is 0 Å². The Morgan fingerprint density at radius 2 is 1.74 bits per heavy atom. The van der Waals surface area contributed by atoms with E-state index in [0.717, 1.165) is 6.42 Å². The third kappa shape index (κ3) is 5.76. The number of aromatic nitrogens is 2. The number of anilines is 2. The number of alkyl halides is 3. The Morgan fingerprint density at radius 3 is 2.21 bits per heavy atom. The van der Waals surface area contributed by atoms with Crippen molar-refractivity contribution in [3.8, 4) is 0 Å². The van der Waals surface area contributed by atoms with E-state index in [1.165, 1.54) is 6.07 Å². The number of rotatable bonds is 6. The first kappa shape index (κ1) is 15.5. The average Bonchev–Trinajstić information content (AvgIpc) is 2.32. The van der Waals surface area contributed by atoms with Crippen LogP contribution in [0.2, 0.25) is 0 Å². The molecule has 0 bridgehead atoms. The van der Waals surface area contributed by atoms with E-state index in [-0.39, 0.29) is 11.7 Å². The molecule has 4 nitrogen and oxygen atoms in total. The van der Waals surface area contributed by atoms with Gasteiger partial charge >= 0.3 is 6.18 Å². The van der Waals surface area contributed by atoms with Crippen molar-refractivity contribution < 1.29 is 13.2 Å². The van der Waals surface area contributed by atoms with Crippen molar-refractivity contribution in [2.24, 2.45) is 0 Å². The lowest BCUT2D eigenvalue weighted by atomic mass is 10.2. The molecule has 0 radical (unpaired) electrons. The van der Waals surface area contributed by atoms with Crippen LogP contribution < -0.4 is 10.6 Å². The second-order valence-corrected chi connectivity index (χ2v) is 4.55. The molecular weight excluding hydrogens is 257 g/mol. The molecule has 1 aromatic rings. The average molecular weight is 276 g/mol. The minimum absolute atomic E-state index is 0.0508. The Balaban J connectivity index is 2.86. The van der Waals surface area contributed by atoms with E-state index >= 15 is 0 Å². The van der Waals surface area contributed by atoms with Gasteiger partial charge in [-0.2, -0.15) is 13.2 Å². The van der Waals surface area contributed by atoms with Crippen molar-refractivity contribution in [3.05, 3.63) is 11.9 Å². The van der Waals surface area contributed by atoms with Gasteiger partial charge < -0.3 is 10.6 Å². The molecule has 0 fully saturated rings. The van der Waals surface area contributed by atoms with E-state index in [0.29, 0.717) is 18.2 Å². The van der Waals surface area contributed by atoms with Crippen molar-refractivity contribution >= 4 is 11.6 Å². The van der Waals surface area contributed by atoms with Gasteiger partial charge in [0, 0.05) is 18.5 Å². The quantitative estimate of drug-likeness (QED) is 0.836. The highest BCUT2D eigenvalue weighted by atomic mass is 19.4. The van der Waals surface area contributed by atoms with Gasteiger partial charge in [-0.1, -0.05) is 20.8 Å². The Bertz CT molecular complexity index is 404. The van der Waals surface area contributed by atoms with Gasteiger partial charge in [0.05, 0.1) is 0 Å². The summed E-state index contributed by atoms with van der Waals surface area (Å²) in [5.74, 6) is 1.31. The summed E-state index contributed by atoms with van der Waals surface area (Å²) >= 11 is 0. The van der Waals surface area contributed by atoms with Crippen LogP contribution in [0.3, 0.4) is 0 Å². The lowest BCUT2D eigenvalue weighted by Crippen LogP contribution is -2.22. The topological polar surface area (TPSA) is 49.8 Å². The second-order valence-electron chi connectivity index (χ2n) is 4.55. The fraction of sp³-hybridized carbons (Fsp3) is 0.667. The molecule has 0 aliphatic carbocycles. The van der Waals surface area contributed by atoms with Gasteiger partial charge in [-0.25, -0.2) is 9.97 Å². The number of hydrogen-bond donors (Lipinski definition) is 2. The summed E-state index contributed by atoms with van der Waals surface area (Å²) in [5, 5.41) is 5.34. The third-order valence-corrected chi connectivity index (χ3v) is 2.29. The molecule has 0 aromatic carbocycles. The third-order valence-electron chi connectivity index (χ3n) is 2.29. The predicted molar refractivity (Wildman–Crippen MR) is 69.4 cm³/mol. The second kappa shape index (κ2) is 6.58. The molecule has 1 rings (SSSR count). The molecule has 2 N–H and O–H groups in total. The standard InChI is InChI=1S/C12H19F3N4/c1-4-5-16-9-6-10(17-7-12(13,14)15)19-11(18-9)8(2)3/h6,8H,4-5,7H2,1-3H3,(H2,16,17,18,19). The maximum absolute atomic E-state index is 12.2. The Hall–Kier alpha value is -1.53. The zero-order valence-electron chi connectivity index (χ0n) is 11.3. The first-order valence-electron chi connectivity index (χ1n) is 6.25. The monoisotopic (exact) mass is 276 g/mol. The summed E-state index contributed by atoms with van der Waals surface area (Å²) < 4.78 is 36.5. The molecule has 0 saturated heterocycles. The highest BCUT2D eigenvalue weighted by Crippen LogP contribution is 2.19. The molecule has 0 unspecified atom stereocenters. The number of hydrogen-bond acceptors (Lipinski definition) is 4. The van der Waals surface area contributed by atoms with Gasteiger partial charge in [0.1, 0.15) is 24.0 Å². The van der Waals surface area contributed by atoms with Crippen LogP contribution in [0.1, 0.15) is 38.9 Å². The van der Waals surface area contributed by atoms with Crippen molar-refractivity contribution in [3.63, 3.8) is 0 Å². The molecule has 0 aliphatic heterocycles. The zero-order valence-corrected chi connectivity index (χ0v) is 11.3. The molecule has 108 valence electrons. The van der Waals surface area contributed by atoms with Crippen LogP contribution in [0.5, 0.6) is 0 Å². The minimum Gasteiger partial charge on any atom is -0.370 e. The fourth-order valence-electron chi connectivity index (χ4n) is 1.35. The van der Waals surface area contributed by atoms with Crippen LogP contribution in [0.15, 0.2) is 6.07 Å². The fourth-order valence-corrected chi connectivity index (χ4v) is 1.35. The van der Waals surface area contributed by atoms with Crippen molar-refractivity contribution in [1.29, 1.82) is 0 Å². The van der Waals surface area contributed by atoms with E-state index < -0.39 is 12.7 Å². The maximum Gasteiger partial charge on any atom is 0.405 e. The molecule has 1 heterocycles. The Morgan fingerprint density at radius 1 is 1.16 bits per heavy atom. The minimum atomic E-state index is -4.26. The summed E-state index contributed by atoms with van der Waals surface area (Å²) in [6.45, 7) is 5.40. The van der Waals surface area contributed by atoms with E-state index in [9.17, 15) is 13.2 Å². The number of nitrogens with one attached hydrogen (secondary N) is 2. The molecule has 7 heteroatoms. The largest absolute Gasteiger partial charge is 0.405 e. The van der Waals surface area contributed by atoms with Crippen LogP contribution in [-0.2, 0) is 0 Å². The molecule has 19 heavy (non-hydrogen) atoms. The summed E-state index contributed by atoms with van der Waals surface area (Å²) in [6.07, 6.45) is -3.35. The summed E-state index contributed by atoms with van der Waals surface area (Å²) in [6, 6.07) is 1.49. The lowest BCUT2D eigenvalue weighted by Gasteiger charge is -2.13. The van der Waals surface area contributed by atoms with Gasteiger partial charge in [0.25, 0.3) is 0 Å². The SMILES string of the molecule is CCCNc1cc(NCC(F)(F)F)nc(C(C)C)n1. The van der Waals surface area contributed by atoms with Crippen LogP contribution in [0.25, 0.3) is 0 Å². The molecule has 0 amide bonds. The lowest BCUT2D eigenvalue weighted by molar-refractivity contribution is -0.115. The molecule has 1 aromatic heterocycles. The summed E-state index contributed by atoms with van der Waals surface area (Å²) in [7, 11) is 0. The summed E-state index contributed by atoms with van der Waals surface area (Å²) in [4.78, 5) is 8.35. The first-order valence-corrected chi connectivity index (χ1v) is 6.25. The van der Waals surface area contributed by atoms with Gasteiger partial charge in [-0.3, -0.25) is 0 Å². The van der Waals surface area contributed by atoms with Crippen molar-refractivity contribution in [2.45, 2.75) is 39.3 Å². The van der Waals surface area contributed by atoms with Gasteiger partial charge in [-0.15, -0.1) is 0 Å². The molecular formula is C12H19F3N4. The molecule has 0 spiro atoms. The maximum atomic E-state index is 12.2. The number of halogens is 3. The van der Waals surface area contributed by atoms with Crippen molar-refractivity contribution in [2.75, 3.05) is 23.7 Å². The van der Waals surface area contributed by atoms with E-state index in [1.807, 2.05) is 20.8 Å². The smallest absolute Gasteiger partial charge is 0.370 e. The van der Waals surface area contributed by atoms with Gasteiger partial charge in [0.15, 0.2) is 0 Å². The van der Waals surface area contributed by atoms with Gasteiger partial charge in [0.2, 0.25) is 0 Å². The Labute approximate surface area is 110 Å². The first-order chi connectivity index (χ1) is 8.81. The normalized spacial score (nSPS) is 11.7. The van der Waals surface area contributed by atoms with Crippen LogP contribution in [-0.4, -0.2) is 29.2 Å². The highest BCUT2D eigenvalue weighted by molar-refractivity contribution is 5.48. The molecule has 0 aliphatic rings. The van der Waals surface area contributed by atoms with Crippen LogP contribution >= 0.6 is 0 Å². The van der Waals surface area contributed by atoms with Crippen LogP contribution in [0.4, 0.5) is 24.8 Å².